The Morgan fingerprint density at radius 2 is 2.27 bits per heavy atom. The van der Waals surface area contributed by atoms with E-state index in [4.69, 9.17) is 0 Å². The lowest BCUT2D eigenvalue weighted by Gasteiger charge is -2.05. The summed E-state index contributed by atoms with van der Waals surface area (Å²) in [4.78, 5) is 11.2. The van der Waals surface area contributed by atoms with Crippen molar-refractivity contribution in [2.45, 2.75) is 26.1 Å². The van der Waals surface area contributed by atoms with Gasteiger partial charge < -0.3 is 4.79 Å². The zero-order chi connectivity index (χ0) is 8.10. The Labute approximate surface area is 68.3 Å². The van der Waals surface area contributed by atoms with E-state index in [0.717, 1.165) is 12.7 Å². The highest BCUT2D eigenvalue weighted by Crippen LogP contribution is 2.07. The number of hydrogen-bond acceptors (Lipinski definition) is 1. The normalized spacial score (nSPS) is 16.1. The highest BCUT2D eigenvalue weighted by Gasteiger charge is 2.18. The summed E-state index contributed by atoms with van der Waals surface area (Å²) in [5.41, 5.74) is 0.265. The first-order valence-corrected chi connectivity index (χ1v) is 4.23. The quantitative estimate of drug-likeness (QED) is 0.559. The summed E-state index contributed by atoms with van der Waals surface area (Å²) in [5.74, 6) is 2.00. The van der Waals surface area contributed by atoms with Crippen LogP contribution >= 0.6 is 0 Å². The Morgan fingerprint density at radius 3 is 2.91 bits per heavy atom. The molecule has 0 N–H and O–H groups in total. The summed E-state index contributed by atoms with van der Waals surface area (Å²) < 4.78 is 0. The number of carbonyl (C=O) groups excluding carboxylic acids is 1. The summed E-state index contributed by atoms with van der Waals surface area (Å²) in [7, 11) is 0. The van der Waals surface area contributed by atoms with E-state index >= 15 is 0 Å². The number of rotatable bonds is 3. The average molecular weight is 148 g/mol. The van der Waals surface area contributed by atoms with Gasteiger partial charge in [-0.25, -0.2) is 0 Å². The van der Waals surface area contributed by atoms with Crippen molar-refractivity contribution in [3.8, 4) is 0 Å². The summed E-state index contributed by atoms with van der Waals surface area (Å²) in [6.45, 7) is 2.31. The van der Waals surface area contributed by atoms with Gasteiger partial charge in [0.15, 0.2) is 0 Å². The molecule has 0 bridgehead atoms. The monoisotopic (exact) mass is 148 g/mol. The van der Waals surface area contributed by atoms with Crippen molar-refractivity contribution in [3.05, 3.63) is 24.2 Å². The highest BCUT2D eigenvalue weighted by molar-refractivity contribution is 6.95. The van der Waals surface area contributed by atoms with E-state index in [1.807, 2.05) is 18.1 Å². The predicted octanol–water partition coefficient (Wildman–Crippen LogP) is 2.05. The van der Waals surface area contributed by atoms with Crippen molar-refractivity contribution in [1.29, 1.82) is 0 Å². The molecule has 1 rings (SSSR count). The zero-order valence-corrected chi connectivity index (χ0v) is 6.92. The molecule has 0 aromatic heterocycles. The third-order valence-electron chi connectivity index (χ3n) is 1.95. The SMILES string of the molecule is CCCCB1C=CC=CC1=O. The maximum absolute atomic E-state index is 11.2. The van der Waals surface area contributed by atoms with E-state index < -0.39 is 0 Å². The van der Waals surface area contributed by atoms with Gasteiger partial charge >= 0.3 is 0 Å². The minimum Gasteiger partial charge on any atom is -0.306 e. The van der Waals surface area contributed by atoms with Crippen LogP contribution in [0.15, 0.2) is 24.2 Å². The van der Waals surface area contributed by atoms with E-state index in [0.29, 0.717) is 0 Å². The molecule has 0 saturated heterocycles. The smallest absolute Gasteiger partial charge is 0.254 e. The lowest BCUT2D eigenvalue weighted by atomic mass is 9.42. The molecule has 0 aromatic carbocycles. The Hall–Kier alpha value is -0.785. The maximum Gasteiger partial charge on any atom is 0.254 e. The Bertz CT molecular complexity index is 194. The van der Waals surface area contributed by atoms with Crippen LogP contribution in [0.3, 0.4) is 0 Å². The van der Waals surface area contributed by atoms with E-state index in [2.05, 4.69) is 6.92 Å². The van der Waals surface area contributed by atoms with Crippen molar-refractivity contribution < 1.29 is 4.79 Å². The highest BCUT2D eigenvalue weighted by atomic mass is 16.1. The van der Waals surface area contributed by atoms with Crippen LogP contribution in [-0.4, -0.2) is 12.4 Å². The number of unbranched alkanes of at least 4 members (excludes halogenated alkanes) is 1. The van der Waals surface area contributed by atoms with Gasteiger partial charge in [0.1, 0.15) is 5.68 Å². The topological polar surface area (TPSA) is 17.1 Å². The molecular formula is C9H13BO. The fourth-order valence-electron chi connectivity index (χ4n) is 1.23. The zero-order valence-electron chi connectivity index (χ0n) is 6.92. The van der Waals surface area contributed by atoms with Gasteiger partial charge in [0.25, 0.3) is 6.71 Å². The second kappa shape index (κ2) is 4.17. The van der Waals surface area contributed by atoms with Crippen LogP contribution in [0.4, 0.5) is 0 Å². The van der Waals surface area contributed by atoms with Crippen molar-refractivity contribution in [3.63, 3.8) is 0 Å². The van der Waals surface area contributed by atoms with Crippen LogP contribution in [0.25, 0.3) is 0 Å². The summed E-state index contributed by atoms with van der Waals surface area (Å²) in [6, 6.07) is 0. The molecule has 1 aliphatic heterocycles. The molecule has 1 heterocycles. The molecule has 0 aliphatic carbocycles. The summed E-state index contributed by atoms with van der Waals surface area (Å²) in [5, 5.41) is 0. The molecular weight excluding hydrogens is 135 g/mol. The Morgan fingerprint density at radius 1 is 1.45 bits per heavy atom. The predicted molar refractivity (Wildman–Crippen MR) is 48.8 cm³/mol. The van der Waals surface area contributed by atoms with E-state index in [-0.39, 0.29) is 12.4 Å². The number of hydrogen-bond donors (Lipinski definition) is 0. The fraction of sp³-hybridized carbons (Fsp3) is 0.444. The minimum atomic E-state index is 0.167. The van der Waals surface area contributed by atoms with Crippen molar-refractivity contribution in [2.75, 3.05) is 0 Å². The van der Waals surface area contributed by atoms with Crippen LogP contribution in [-0.2, 0) is 4.79 Å². The van der Waals surface area contributed by atoms with Crippen LogP contribution in [0.2, 0.25) is 6.32 Å². The second-order valence-corrected chi connectivity index (χ2v) is 2.90. The molecule has 11 heavy (non-hydrogen) atoms. The van der Waals surface area contributed by atoms with Gasteiger partial charge in [-0.2, -0.15) is 0 Å². The second-order valence-electron chi connectivity index (χ2n) is 2.90. The molecule has 0 spiro atoms. The lowest BCUT2D eigenvalue weighted by molar-refractivity contribution is -0.108. The van der Waals surface area contributed by atoms with Gasteiger partial charge in [-0.05, 0) is 6.08 Å². The Balaban J connectivity index is 2.39. The number of allylic oxidation sites excluding steroid dienone is 3. The molecule has 0 unspecified atom stereocenters. The van der Waals surface area contributed by atoms with E-state index in [1.54, 1.807) is 6.08 Å². The molecule has 1 aliphatic rings. The molecule has 0 amide bonds. The molecule has 0 aromatic rings. The molecule has 0 atom stereocenters. The average Bonchev–Trinajstić information content (AvgIpc) is 2.03. The van der Waals surface area contributed by atoms with Gasteiger partial charge in [0.2, 0.25) is 0 Å². The number of carbonyl (C=O) groups is 1. The van der Waals surface area contributed by atoms with Crippen molar-refractivity contribution in [1.82, 2.24) is 0 Å². The van der Waals surface area contributed by atoms with Crippen LogP contribution in [0.5, 0.6) is 0 Å². The molecule has 0 radical (unpaired) electrons. The molecule has 2 heteroatoms. The largest absolute Gasteiger partial charge is 0.306 e. The van der Waals surface area contributed by atoms with Crippen molar-refractivity contribution >= 4 is 12.4 Å². The van der Waals surface area contributed by atoms with Gasteiger partial charge in [0, 0.05) is 0 Å². The lowest BCUT2D eigenvalue weighted by Crippen LogP contribution is -2.23. The molecule has 1 nitrogen and oxygen atoms in total. The molecule has 58 valence electrons. The van der Waals surface area contributed by atoms with Gasteiger partial charge in [-0.3, -0.25) is 0 Å². The standard InChI is InChI=1S/C9H13BO/c1-2-3-7-10-8-5-4-6-9(10)11/h4-6,8H,2-3,7H2,1H3. The maximum atomic E-state index is 11.2. The van der Waals surface area contributed by atoms with Gasteiger partial charge in [-0.15, -0.1) is 5.98 Å². The van der Waals surface area contributed by atoms with Crippen LogP contribution < -0.4 is 0 Å². The Kier molecular flexibility index (Phi) is 3.15. The third-order valence-corrected chi connectivity index (χ3v) is 1.95. The minimum absolute atomic E-state index is 0.167. The van der Waals surface area contributed by atoms with E-state index in [1.165, 1.54) is 6.42 Å². The van der Waals surface area contributed by atoms with Crippen molar-refractivity contribution in [2.24, 2.45) is 0 Å². The molecule has 0 saturated carbocycles. The fourth-order valence-corrected chi connectivity index (χ4v) is 1.23. The third kappa shape index (κ3) is 2.37. The van der Waals surface area contributed by atoms with Crippen LogP contribution in [0.1, 0.15) is 19.8 Å². The first-order chi connectivity index (χ1) is 5.34. The van der Waals surface area contributed by atoms with Crippen LogP contribution in [0, 0.1) is 0 Å². The molecule has 0 fully saturated rings. The van der Waals surface area contributed by atoms with Gasteiger partial charge in [-0.1, -0.05) is 38.2 Å². The van der Waals surface area contributed by atoms with Gasteiger partial charge in [0.05, 0.1) is 0 Å². The first kappa shape index (κ1) is 8.31. The first-order valence-electron chi connectivity index (χ1n) is 4.23. The summed E-state index contributed by atoms with van der Waals surface area (Å²) >= 11 is 0. The summed E-state index contributed by atoms with van der Waals surface area (Å²) in [6.07, 6.45) is 8.76. The van der Waals surface area contributed by atoms with E-state index in [9.17, 15) is 4.79 Å².